The van der Waals surface area contributed by atoms with Gasteiger partial charge in [0.2, 0.25) is 0 Å². The van der Waals surface area contributed by atoms with Gasteiger partial charge in [-0.1, -0.05) is 81.4 Å². The van der Waals surface area contributed by atoms with Crippen molar-refractivity contribution < 1.29 is 14.7 Å². The molecule has 1 saturated heterocycles. The third kappa shape index (κ3) is 3.43. The van der Waals surface area contributed by atoms with Gasteiger partial charge in [0.1, 0.15) is 5.76 Å². The zero-order chi connectivity index (χ0) is 22.4. The van der Waals surface area contributed by atoms with Gasteiger partial charge in [0.25, 0.3) is 5.78 Å². The van der Waals surface area contributed by atoms with E-state index >= 15 is 0 Å². The Morgan fingerprint density at radius 2 is 1.69 bits per heavy atom. The Morgan fingerprint density at radius 1 is 1.00 bits per heavy atom. The number of benzene rings is 3. The molecule has 1 fully saturated rings. The highest BCUT2D eigenvalue weighted by Crippen LogP contribution is 2.44. The first-order valence-corrected chi connectivity index (χ1v) is 11.5. The van der Waals surface area contributed by atoms with Crippen LogP contribution in [0.3, 0.4) is 0 Å². The summed E-state index contributed by atoms with van der Waals surface area (Å²) >= 11 is 4.77. The van der Waals surface area contributed by atoms with Crippen LogP contribution < -0.4 is 4.90 Å². The number of carbonyl (C=O) groups is 2. The normalized spacial score (nSPS) is 17.9. The minimum absolute atomic E-state index is 0.0560. The van der Waals surface area contributed by atoms with Crippen molar-refractivity contribution >= 4 is 60.1 Å². The molecule has 1 atom stereocenters. The highest BCUT2D eigenvalue weighted by Gasteiger charge is 2.48. The summed E-state index contributed by atoms with van der Waals surface area (Å²) in [5, 5.41) is 11.6. The second kappa shape index (κ2) is 8.00. The predicted octanol–water partition coefficient (Wildman–Crippen LogP) is 5.99. The molecule has 0 saturated carbocycles. The third-order valence-corrected chi connectivity index (χ3v) is 7.01. The summed E-state index contributed by atoms with van der Waals surface area (Å²) in [7, 11) is 0. The smallest absolute Gasteiger partial charge is 0.301 e. The zero-order valence-corrected chi connectivity index (χ0v) is 19.4. The van der Waals surface area contributed by atoms with E-state index in [9.17, 15) is 14.7 Å². The van der Waals surface area contributed by atoms with E-state index < -0.39 is 17.7 Å². The lowest BCUT2D eigenvalue weighted by Gasteiger charge is -2.23. The summed E-state index contributed by atoms with van der Waals surface area (Å²) in [6, 6.07) is 21.4. The van der Waals surface area contributed by atoms with Gasteiger partial charge in [0, 0.05) is 10.0 Å². The van der Waals surface area contributed by atoms with Gasteiger partial charge in [-0.2, -0.15) is 0 Å². The number of hydrogen-bond donors (Lipinski definition) is 1. The molecule has 1 aliphatic rings. The Bertz CT molecular complexity index is 1360. The number of aliphatic hydroxyl groups is 1. The monoisotopic (exact) mass is 504 g/mol. The molecular weight excluding hydrogens is 488 g/mol. The van der Waals surface area contributed by atoms with E-state index in [4.69, 9.17) is 0 Å². The lowest BCUT2D eigenvalue weighted by molar-refractivity contribution is -0.132. The summed E-state index contributed by atoms with van der Waals surface area (Å²) in [6.45, 7) is 1.94. The molecule has 0 spiro atoms. The highest BCUT2D eigenvalue weighted by molar-refractivity contribution is 9.10. The number of halogens is 1. The number of carbonyl (C=O) groups excluding carboxylic acids is 2. The number of nitrogens with zero attached hydrogens (tertiary/aromatic N) is 2. The van der Waals surface area contributed by atoms with Crippen molar-refractivity contribution in [2.75, 3.05) is 4.90 Å². The van der Waals surface area contributed by atoms with E-state index in [1.54, 1.807) is 12.1 Å². The number of hydrogen-bond acceptors (Lipinski definition) is 5. The first-order valence-electron chi connectivity index (χ1n) is 9.93. The molecule has 7 heteroatoms. The molecule has 0 bridgehead atoms. The minimum atomic E-state index is -0.787. The van der Waals surface area contributed by atoms with Crippen molar-refractivity contribution in [3.63, 3.8) is 0 Å². The second-order valence-corrected chi connectivity index (χ2v) is 9.48. The first kappa shape index (κ1) is 20.6. The molecule has 3 aromatic carbocycles. The van der Waals surface area contributed by atoms with Gasteiger partial charge in [-0.15, -0.1) is 0 Å². The van der Waals surface area contributed by atoms with Crippen molar-refractivity contribution in [1.29, 1.82) is 0 Å². The lowest BCUT2D eigenvalue weighted by Crippen LogP contribution is -2.29. The Labute approximate surface area is 196 Å². The number of aliphatic hydroxyl groups excluding tert-OH is 1. The van der Waals surface area contributed by atoms with E-state index in [-0.39, 0.29) is 11.3 Å². The topological polar surface area (TPSA) is 70.5 Å². The Balaban J connectivity index is 1.73. The van der Waals surface area contributed by atoms with Crippen LogP contribution in [-0.2, 0) is 9.59 Å². The van der Waals surface area contributed by atoms with E-state index in [0.29, 0.717) is 16.3 Å². The van der Waals surface area contributed by atoms with Crippen LogP contribution in [-0.4, -0.2) is 21.8 Å². The maximum absolute atomic E-state index is 13.2. The van der Waals surface area contributed by atoms with Crippen molar-refractivity contribution in [2.24, 2.45) is 0 Å². The minimum Gasteiger partial charge on any atom is -0.507 e. The fourth-order valence-corrected chi connectivity index (χ4v) is 5.08. The third-order valence-electron chi connectivity index (χ3n) is 5.44. The molecule has 158 valence electrons. The van der Waals surface area contributed by atoms with Crippen molar-refractivity contribution in [3.8, 4) is 0 Å². The fraction of sp³-hybridized carbons (Fsp3) is 0.0800. The molecule has 1 amide bonds. The first-order chi connectivity index (χ1) is 15.4. The van der Waals surface area contributed by atoms with Crippen LogP contribution in [0.15, 0.2) is 82.8 Å². The van der Waals surface area contributed by atoms with E-state index in [1.807, 2.05) is 67.6 Å². The van der Waals surface area contributed by atoms with Crippen LogP contribution in [0.4, 0.5) is 5.13 Å². The molecule has 0 unspecified atom stereocenters. The van der Waals surface area contributed by atoms with Gasteiger partial charge in [-0.25, -0.2) is 4.98 Å². The summed E-state index contributed by atoms with van der Waals surface area (Å²) in [4.78, 5) is 32.4. The zero-order valence-electron chi connectivity index (χ0n) is 16.9. The van der Waals surface area contributed by atoms with Crippen LogP contribution >= 0.6 is 27.3 Å². The molecule has 5 rings (SSSR count). The van der Waals surface area contributed by atoms with Crippen molar-refractivity contribution in [2.45, 2.75) is 13.0 Å². The molecule has 1 aliphatic heterocycles. The fourth-order valence-electron chi connectivity index (χ4n) is 3.82. The van der Waals surface area contributed by atoms with Crippen LogP contribution in [0.2, 0.25) is 0 Å². The quantitative estimate of drug-likeness (QED) is 0.211. The average Bonchev–Trinajstić information content (AvgIpc) is 3.33. The Hall–Kier alpha value is -3.29. The van der Waals surface area contributed by atoms with Crippen molar-refractivity contribution in [3.05, 3.63) is 99.5 Å². The van der Waals surface area contributed by atoms with Crippen LogP contribution in [0.25, 0.3) is 16.0 Å². The average molecular weight is 505 g/mol. The molecule has 1 aromatic heterocycles. The molecule has 0 radical (unpaired) electrons. The largest absolute Gasteiger partial charge is 0.507 e. The van der Waals surface area contributed by atoms with Gasteiger partial charge < -0.3 is 5.11 Å². The lowest BCUT2D eigenvalue weighted by atomic mass is 9.95. The molecule has 32 heavy (non-hydrogen) atoms. The number of aromatic nitrogens is 1. The van der Waals surface area contributed by atoms with Gasteiger partial charge in [0.15, 0.2) is 5.13 Å². The number of ketones is 1. The summed E-state index contributed by atoms with van der Waals surface area (Å²) < 4.78 is 1.79. The number of rotatable bonds is 3. The van der Waals surface area contributed by atoms with Crippen LogP contribution in [0.1, 0.15) is 22.7 Å². The summed E-state index contributed by atoms with van der Waals surface area (Å²) in [5.41, 5.74) is 3.03. The van der Waals surface area contributed by atoms with Crippen molar-refractivity contribution in [1.82, 2.24) is 4.98 Å². The predicted molar refractivity (Wildman–Crippen MR) is 130 cm³/mol. The van der Waals surface area contributed by atoms with Gasteiger partial charge in [0.05, 0.1) is 21.8 Å². The molecule has 2 heterocycles. The number of fused-ring (bicyclic) bond motifs is 1. The SMILES string of the molecule is Cc1ccc(/C(O)=C2\C(=O)C(=O)N(c3nc4ccccc4s3)[C@H]2c2ccc(Br)cc2)cc1. The van der Waals surface area contributed by atoms with E-state index in [0.717, 1.165) is 20.3 Å². The summed E-state index contributed by atoms with van der Waals surface area (Å²) in [6.07, 6.45) is 0. The number of Topliss-reactive ketones (excluding diaryl/α,β-unsaturated/α-hetero) is 1. The molecule has 4 aromatic rings. The highest BCUT2D eigenvalue weighted by atomic mass is 79.9. The van der Waals surface area contributed by atoms with Gasteiger partial charge in [-0.3, -0.25) is 14.5 Å². The maximum atomic E-state index is 13.2. The maximum Gasteiger partial charge on any atom is 0.301 e. The Morgan fingerprint density at radius 3 is 2.38 bits per heavy atom. The molecule has 0 aliphatic carbocycles. The van der Waals surface area contributed by atoms with Crippen LogP contribution in [0, 0.1) is 6.92 Å². The van der Waals surface area contributed by atoms with Gasteiger partial charge in [-0.05, 0) is 36.8 Å². The number of aryl methyl sites for hydroxylation is 1. The molecule has 1 N–H and O–H groups in total. The number of anilines is 1. The summed E-state index contributed by atoms with van der Waals surface area (Å²) in [5.74, 6) is -1.62. The molecular formula is C25H17BrN2O3S. The number of amides is 1. The van der Waals surface area contributed by atoms with Gasteiger partial charge >= 0.3 is 5.91 Å². The number of thiazole rings is 1. The molecule has 5 nitrogen and oxygen atoms in total. The standard InChI is InChI=1S/C25H17BrN2O3S/c1-14-6-8-16(9-7-14)22(29)20-21(15-10-12-17(26)13-11-15)28(24(31)23(20)30)25-27-18-4-2-3-5-19(18)32-25/h2-13,21,29H,1H3/b22-20+/t21-/m0/s1. The van der Waals surface area contributed by atoms with Crippen LogP contribution in [0.5, 0.6) is 0 Å². The Kier molecular flexibility index (Phi) is 5.15. The second-order valence-electron chi connectivity index (χ2n) is 7.55. The van der Waals surface area contributed by atoms with E-state index in [2.05, 4.69) is 20.9 Å². The number of para-hydroxylation sites is 1. The van der Waals surface area contributed by atoms with E-state index in [1.165, 1.54) is 16.2 Å².